The number of carbonyl (C=O) groups excluding carboxylic acids is 1. The van der Waals surface area contributed by atoms with Crippen LogP contribution in [0.1, 0.15) is 10.4 Å². The second-order valence-corrected chi connectivity index (χ2v) is 6.40. The maximum Gasteiger partial charge on any atom is 0.259 e. The lowest BCUT2D eigenvalue weighted by Crippen LogP contribution is -2.14. The second-order valence-electron chi connectivity index (χ2n) is 5.99. The SMILES string of the molecule is COc1cc(-n2cccc2)c(Cl)cc1C(=O)Nc1cccc(-c2cnco2)c1. The molecule has 0 fully saturated rings. The fourth-order valence-electron chi connectivity index (χ4n) is 2.89. The maximum absolute atomic E-state index is 12.8. The number of aromatic nitrogens is 2. The van der Waals surface area contributed by atoms with Crippen LogP contribution in [0.15, 0.2) is 77.9 Å². The van der Waals surface area contributed by atoms with Crippen molar-refractivity contribution >= 4 is 23.2 Å². The van der Waals surface area contributed by atoms with Crippen molar-refractivity contribution in [1.29, 1.82) is 0 Å². The molecule has 2 heterocycles. The molecule has 6 nitrogen and oxygen atoms in total. The van der Waals surface area contributed by atoms with Crippen LogP contribution in [-0.4, -0.2) is 22.6 Å². The summed E-state index contributed by atoms with van der Waals surface area (Å²) in [5, 5.41) is 3.31. The van der Waals surface area contributed by atoms with E-state index in [1.54, 1.807) is 30.5 Å². The van der Waals surface area contributed by atoms with Gasteiger partial charge in [-0.3, -0.25) is 4.79 Å². The van der Waals surface area contributed by atoms with Crippen LogP contribution in [0.25, 0.3) is 17.0 Å². The summed E-state index contributed by atoms with van der Waals surface area (Å²) in [4.78, 5) is 16.8. The molecule has 0 saturated heterocycles. The number of nitrogens with zero attached hydrogens (tertiary/aromatic N) is 2. The quantitative estimate of drug-likeness (QED) is 0.515. The van der Waals surface area contributed by atoms with Crippen molar-refractivity contribution in [2.45, 2.75) is 0 Å². The molecule has 1 N–H and O–H groups in total. The molecule has 2 aromatic heterocycles. The predicted molar refractivity (Wildman–Crippen MR) is 107 cm³/mol. The summed E-state index contributed by atoms with van der Waals surface area (Å²) < 4.78 is 12.6. The molecule has 4 aromatic rings. The summed E-state index contributed by atoms with van der Waals surface area (Å²) in [6, 6.07) is 14.4. The largest absolute Gasteiger partial charge is 0.496 e. The first-order chi connectivity index (χ1) is 13.7. The molecule has 4 rings (SSSR count). The molecule has 0 aliphatic heterocycles. The van der Waals surface area contributed by atoms with Gasteiger partial charge in [0.15, 0.2) is 12.2 Å². The van der Waals surface area contributed by atoms with Gasteiger partial charge in [0.2, 0.25) is 0 Å². The first kappa shape index (κ1) is 17.9. The van der Waals surface area contributed by atoms with E-state index in [0.717, 1.165) is 11.3 Å². The Morgan fingerprint density at radius 3 is 2.71 bits per heavy atom. The maximum atomic E-state index is 12.8. The number of halogens is 1. The van der Waals surface area contributed by atoms with Gasteiger partial charge in [-0.15, -0.1) is 0 Å². The highest BCUT2D eigenvalue weighted by Gasteiger charge is 2.17. The van der Waals surface area contributed by atoms with Gasteiger partial charge in [0.05, 0.1) is 29.6 Å². The zero-order valence-electron chi connectivity index (χ0n) is 14.9. The third-order valence-corrected chi connectivity index (χ3v) is 4.54. The lowest BCUT2D eigenvalue weighted by Gasteiger charge is -2.14. The average molecular weight is 394 g/mol. The van der Waals surface area contributed by atoms with Gasteiger partial charge in [0, 0.05) is 29.7 Å². The monoisotopic (exact) mass is 393 g/mol. The molecular weight excluding hydrogens is 378 g/mol. The minimum Gasteiger partial charge on any atom is -0.496 e. The van der Waals surface area contributed by atoms with Crippen LogP contribution in [0.3, 0.4) is 0 Å². The zero-order valence-corrected chi connectivity index (χ0v) is 15.7. The first-order valence-electron chi connectivity index (χ1n) is 8.47. The molecule has 0 aliphatic rings. The van der Waals surface area contributed by atoms with Crippen LogP contribution in [0.4, 0.5) is 5.69 Å². The average Bonchev–Trinajstić information content (AvgIpc) is 3.42. The number of amides is 1. The van der Waals surface area contributed by atoms with Crippen LogP contribution < -0.4 is 10.1 Å². The number of oxazole rings is 1. The Kier molecular flexibility index (Phi) is 4.87. The van der Waals surface area contributed by atoms with Crippen LogP contribution >= 0.6 is 11.6 Å². The third-order valence-electron chi connectivity index (χ3n) is 4.23. The highest BCUT2D eigenvalue weighted by molar-refractivity contribution is 6.33. The van der Waals surface area contributed by atoms with Gasteiger partial charge in [-0.05, 0) is 30.3 Å². The Morgan fingerprint density at radius 2 is 2.00 bits per heavy atom. The van der Waals surface area contributed by atoms with Crippen LogP contribution in [-0.2, 0) is 0 Å². The summed E-state index contributed by atoms with van der Waals surface area (Å²) in [6.07, 6.45) is 6.72. The van der Waals surface area contributed by atoms with Gasteiger partial charge < -0.3 is 19.0 Å². The van der Waals surface area contributed by atoms with Crippen molar-refractivity contribution < 1.29 is 13.9 Å². The molecular formula is C21H16ClN3O3. The van der Waals surface area contributed by atoms with Gasteiger partial charge in [-0.25, -0.2) is 4.98 Å². The fraction of sp³-hybridized carbons (Fsp3) is 0.0476. The summed E-state index contributed by atoms with van der Waals surface area (Å²) in [5.74, 6) is 0.720. The number of nitrogens with one attached hydrogen (secondary N) is 1. The number of hydrogen-bond donors (Lipinski definition) is 1. The van der Waals surface area contributed by atoms with Gasteiger partial charge in [0.1, 0.15) is 5.75 Å². The Labute approximate surface area is 166 Å². The number of methoxy groups -OCH3 is 1. The molecule has 0 aliphatic carbocycles. The first-order valence-corrected chi connectivity index (χ1v) is 8.84. The second kappa shape index (κ2) is 7.62. The smallest absolute Gasteiger partial charge is 0.259 e. The Morgan fingerprint density at radius 1 is 1.18 bits per heavy atom. The van der Waals surface area contributed by atoms with E-state index in [9.17, 15) is 4.79 Å². The molecule has 0 radical (unpaired) electrons. The summed E-state index contributed by atoms with van der Waals surface area (Å²) in [7, 11) is 1.52. The standard InChI is InChI=1S/C21H16ClN3O3/c1-27-19-11-18(25-7-2-3-8-25)17(22)10-16(19)21(26)24-15-6-4-5-14(9-15)20-12-23-13-28-20/h2-13H,1H3,(H,24,26). The van der Waals surface area contributed by atoms with Crippen LogP contribution in [0.2, 0.25) is 5.02 Å². The lowest BCUT2D eigenvalue weighted by atomic mass is 10.1. The van der Waals surface area contributed by atoms with Gasteiger partial charge >= 0.3 is 0 Å². The number of rotatable bonds is 5. The molecule has 7 heteroatoms. The van der Waals surface area contributed by atoms with E-state index in [1.165, 1.54) is 13.5 Å². The molecule has 1 amide bonds. The molecule has 0 saturated carbocycles. The molecule has 0 bridgehead atoms. The summed E-state index contributed by atoms with van der Waals surface area (Å²) in [5.41, 5.74) is 2.50. The number of carbonyl (C=O) groups is 1. The molecule has 28 heavy (non-hydrogen) atoms. The normalized spacial score (nSPS) is 10.6. The van der Waals surface area contributed by atoms with Crippen LogP contribution in [0.5, 0.6) is 5.75 Å². The predicted octanol–water partition coefficient (Wildman–Crippen LogP) is 5.05. The number of benzene rings is 2. The van der Waals surface area contributed by atoms with Crippen molar-refractivity contribution in [3.63, 3.8) is 0 Å². The van der Waals surface area contributed by atoms with E-state index < -0.39 is 0 Å². The molecule has 140 valence electrons. The molecule has 0 atom stereocenters. The molecule has 0 unspecified atom stereocenters. The van der Waals surface area contributed by atoms with Gasteiger partial charge in [-0.2, -0.15) is 0 Å². The van der Waals surface area contributed by atoms with E-state index in [4.69, 9.17) is 20.8 Å². The van der Waals surface area contributed by atoms with Crippen molar-refractivity contribution in [3.05, 3.63) is 84.1 Å². The minimum atomic E-state index is -0.326. The number of anilines is 1. The number of ether oxygens (including phenoxy) is 1. The summed E-state index contributed by atoms with van der Waals surface area (Å²) in [6.45, 7) is 0. The Balaban J connectivity index is 1.63. The molecule has 0 spiro atoms. The van der Waals surface area contributed by atoms with E-state index >= 15 is 0 Å². The summed E-state index contributed by atoms with van der Waals surface area (Å²) >= 11 is 6.41. The number of hydrogen-bond acceptors (Lipinski definition) is 4. The fourth-order valence-corrected chi connectivity index (χ4v) is 3.15. The van der Waals surface area contributed by atoms with Crippen molar-refractivity contribution in [2.24, 2.45) is 0 Å². The molecule has 2 aromatic carbocycles. The third kappa shape index (κ3) is 3.50. The highest BCUT2D eigenvalue weighted by atomic mass is 35.5. The van der Waals surface area contributed by atoms with E-state index in [2.05, 4.69) is 10.3 Å². The van der Waals surface area contributed by atoms with E-state index in [1.807, 2.05) is 41.2 Å². The zero-order chi connectivity index (χ0) is 19.5. The van der Waals surface area contributed by atoms with Crippen molar-refractivity contribution in [1.82, 2.24) is 9.55 Å². The van der Waals surface area contributed by atoms with Gasteiger partial charge in [0.25, 0.3) is 5.91 Å². The topological polar surface area (TPSA) is 69.3 Å². The van der Waals surface area contributed by atoms with Crippen LogP contribution in [0, 0.1) is 0 Å². The van der Waals surface area contributed by atoms with Gasteiger partial charge in [-0.1, -0.05) is 23.7 Å². The lowest BCUT2D eigenvalue weighted by molar-refractivity contribution is 0.102. The minimum absolute atomic E-state index is 0.326. The Bertz CT molecular complexity index is 1110. The highest BCUT2D eigenvalue weighted by Crippen LogP contribution is 2.31. The van der Waals surface area contributed by atoms with Crippen molar-refractivity contribution in [3.8, 4) is 22.8 Å². The van der Waals surface area contributed by atoms with E-state index in [-0.39, 0.29) is 5.91 Å². The Hall–Kier alpha value is -3.51. The van der Waals surface area contributed by atoms with Crippen molar-refractivity contribution in [2.75, 3.05) is 12.4 Å². The van der Waals surface area contributed by atoms with E-state index in [0.29, 0.717) is 27.8 Å².